The maximum atomic E-state index is 4.91. The predicted octanol–water partition coefficient (Wildman–Crippen LogP) is 2.89. The van der Waals surface area contributed by atoms with Crippen LogP contribution in [0.3, 0.4) is 0 Å². The molecule has 1 fully saturated rings. The number of H-pyrrole nitrogens is 1. The molecule has 3 rings (SSSR count). The first-order valence-corrected chi connectivity index (χ1v) is 10.0. The number of thiophene rings is 1. The van der Waals surface area contributed by atoms with Crippen molar-refractivity contribution in [1.29, 1.82) is 0 Å². The molecule has 0 amide bonds. The summed E-state index contributed by atoms with van der Waals surface area (Å²) >= 11 is 1.83. The molecule has 0 saturated carbocycles. The zero-order valence-corrected chi connectivity index (χ0v) is 15.9. The average Bonchev–Trinajstić information content (AvgIpc) is 3.32. The Kier molecular flexibility index (Phi) is 6.44. The van der Waals surface area contributed by atoms with E-state index in [0.29, 0.717) is 11.8 Å². The normalized spacial score (nSPS) is 17.7. The Balaban J connectivity index is 1.53. The van der Waals surface area contributed by atoms with Crippen LogP contribution in [0.4, 0.5) is 0 Å². The van der Waals surface area contributed by atoms with Crippen molar-refractivity contribution in [1.82, 2.24) is 25.4 Å². The van der Waals surface area contributed by atoms with Gasteiger partial charge < -0.3 is 10.2 Å². The van der Waals surface area contributed by atoms with Crippen molar-refractivity contribution >= 4 is 17.3 Å². The highest BCUT2D eigenvalue weighted by molar-refractivity contribution is 7.09. The Hall–Kier alpha value is -1.89. The SMILES string of the molecule is CCNC(=NCC(C)Cc1cccs1)N1CCC(c2ncn[nH]2)CC1. The highest BCUT2D eigenvalue weighted by atomic mass is 32.1. The van der Waals surface area contributed by atoms with Gasteiger partial charge in [0.25, 0.3) is 0 Å². The van der Waals surface area contributed by atoms with Crippen molar-refractivity contribution in [2.24, 2.45) is 10.9 Å². The van der Waals surface area contributed by atoms with Crippen molar-refractivity contribution in [3.05, 3.63) is 34.5 Å². The van der Waals surface area contributed by atoms with Gasteiger partial charge in [-0.1, -0.05) is 13.0 Å². The number of hydrogen-bond donors (Lipinski definition) is 2. The molecule has 6 nitrogen and oxygen atoms in total. The van der Waals surface area contributed by atoms with E-state index in [1.807, 2.05) is 11.3 Å². The molecular formula is C18H28N6S. The lowest BCUT2D eigenvalue weighted by molar-refractivity contribution is 0.298. The maximum absolute atomic E-state index is 4.91. The highest BCUT2D eigenvalue weighted by Crippen LogP contribution is 2.25. The van der Waals surface area contributed by atoms with E-state index in [2.05, 4.69) is 56.8 Å². The third-order valence-corrected chi connectivity index (χ3v) is 5.53. The van der Waals surface area contributed by atoms with Crippen LogP contribution in [0.25, 0.3) is 0 Å². The number of guanidine groups is 1. The largest absolute Gasteiger partial charge is 0.357 e. The van der Waals surface area contributed by atoms with E-state index in [9.17, 15) is 0 Å². The van der Waals surface area contributed by atoms with Crippen molar-refractivity contribution in [3.8, 4) is 0 Å². The quantitative estimate of drug-likeness (QED) is 0.614. The average molecular weight is 361 g/mol. The van der Waals surface area contributed by atoms with Crippen LogP contribution in [0.2, 0.25) is 0 Å². The van der Waals surface area contributed by atoms with Gasteiger partial charge in [-0.2, -0.15) is 5.10 Å². The van der Waals surface area contributed by atoms with Crippen LogP contribution in [0.5, 0.6) is 0 Å². The van der Waals surface area contributed by atoms with Gasteiger partial charge in [0.1, 0.15) is 12.2 Å². The molecule has 3 heterocycles. The monoisotopic (exact) mass is 360 g/mol. The maximum Gasteiger partial charge on any atom is 0.193 e. The van der Waals surface area contributed by atoms with Gasteiger partial charge in [0.05, 0.1) is 0 Å². The van der Waals surface area contributed by atoms with Crippen molar-refractivity contribution in [2.75, 3.05) is 26.2 Å². The first-order valence-electron chi connectivity index (χ1n) is 9.17. The number of aliphatic imine (C=N–C) groups is 1. The van der Waals surface area contributed by atoms with E-state index in [1.54, 1.807) is 6.33 Å². The minimum atomic E-state index is 0.486. The lowest BCUT2D eigenvalue weighted by Gasteiger charge is -2.33. The topological polar surface area (TPSA) is 69.2 Å². The summed E-state index contributed by atoms with van der Waals surface area (Å²) in [4.78, 5) is 13.0. The minimum absolute atomic E-state index is 0.486. The number of piperidine rings is 1. The highest BCUT2D eigenvalue weighted by Gasteiger charge is 2.24. The number of aromatic nitrogens is 3. The molecule has 0 aliphatic carbocycles. The molecule has 25 heavy (non-hydrogen) atoms. The van der Waals surface area contributed by atoms with Crippen LogP contribution in [-0.4, -0.2) is 52.2 Å². The summed E-state index contributed by atoms with van der Waals surface area (Å²) in [6.07, 6.45) is 4.88. The smallest absolute Gasteiger partial charge is 0.193 e. The second-order valence-electron chi connectivity index (χ2n) is 6.72. The van der Waals surface area contributed by atoms with Crippen molar-refractivity contribution in [2.45, 2.75) is 39.0 Å². The number of aromatic amines is 1. The Morgan fingerprint density at radius 3 is 2.96 bits per heavy atom. The third kappa shape index (κ3) is 5.04. The molecule has 0 spiro atoms. The van der Waals surface area contributed by atoms with E-state index < -0.39 is 0 Å². The summed E-state index contributed by atoms with van der Waals surface area (Å²) in [7, 11) is 0. The zero-order valence-electron chi connectivity index (χ0n) is 15.1. The molecule has 1 aliphatic heterocycles. The van der Waals surface area contributed by atoms with E-state index in [4.69, 9.17) is 4.99 Å². The Labute approximate surface area is 153 Å². The molecule has 7 heteroatoms. The number of hydrogen-bond acceptors (Lipinski definition) is 4. The lowest BCUT2D eigenvalue weighted by Crippen LogP contribution is -2.45. The molecule has 0 aromatic carbocycles. The summed E-state index contributed by atoms with van der Waals surface area (Å²) in [5.41, 5.74) is 0. The van der Waals surface area contributed by atoms with Gasteiger partial charge in [0, 0.05) is 37.0 Å². The fourth-order valence-corrected chi connectivity index (χ4v) is 4.15. The van der Waals surface area contributed by atoms with Crippen LogP contribution in [-0.2, 0) is 6.42 Å². The van der Waals surface area contributed by atoms with Gasteiger partial charge in [0.2, 0.25) is 0 Å². The summed E-state index contributed by atoms with van der Waals surface area (Å²) in [5, 5.41) is 12.6. The molecule has 136 valence electrons. The second kappa shape index (κ2) is 8.99. The summed E-state index contributed by atoms with van der Waals surface area (Å²) in [5.74, 6) is 3.11. The molecule has 1 saturated heterocycles. The van der Waals surface area contributed by atoms with Crippen LogP contribution >= 0.6 is 11.3 Å². The van der Waals surface area contributed by atoms with Crippen LogP contribution in [0.1, 0.15) is 43.3 Å². The van der Waals surface area contributed by atoms with Crippen LogP contribution < -0.4 is 5.32 Å². The first kappa shape index (κ1) is 17.9. The number of nitrogens with one attached hydrogen (secondary N) is 2. The molecule has 1 unspecified atom stereocenters. The van der Waals surface area contributed by atoms with Crippen molar-refractivity contribution in [3.63, 3.8) is 0 Å². The van der Waals surface area contributed by atoms with Crippen molar-refractivity contribution < 1.29 is 0 Å². The molecular weight excluding hydrogens is 332 g/mol. The van der Waals surface area contributed by atoms with Gasteiger partial charge >= 0.3 is 0 Å². The fraction of sp³-hybridized carbons (Fsp3) is 0.611. The van der Waals surface area contributed by atoms with Crippen LogP contribution in [0, 0.1) is 5.92 Å². The molecule has 2 aromatic heterocycles. The molecule has 0 bridgehead atoms. The molecule has 2 N–H and O–H groups in total. The third-order valence-electron chi connectivity index (χ3n) is 4.63. The van der Waals surface area contributed by atoms with Crippen LogP contribution in [0.15, 0.2) is 28.8 Å². The second-order valence-corrected chi connectivity index (χ2v) is 7.75. The zero-order chi connectivity index (χ0) is 17.5. The summed E-state index contributed by atoms with van der Waals surface area (Å²) < 4.78 is 0. The van der Waals surface area contributed by atoms with Gasteiger partial charge in [-0.15, -0.1) is 11.3 Å². The Morgan fingerprint density at radius 1 is 1.48 bits per heavy atom. The first-order chi connectivity index (χ1) is 12.3. The van der Waals surface area contributed by atoms with Gasteiger partial charge in [-0.3, -0.25) is 10.1 Å². The molecule has 1 atom stereocenters. The number of nitrogens with zero attached hydrogens (tertiary/aromatic N) is 4. The summed E-state index contributed by atoms with van der Waals surface area (Å²) in [6.45, 7) is 8.20. The molecule has 2 aromatic rings. The van der Waals surface area contributed by atoms with Gasteiger partial charge in [-0.05, 0) is 43.6 Å². The Morgan fingerprint density at radius 2 is 2.32 bits per heavy atom. The van der Waals surface area contributed by atoms with Gasteiger partial charge in [0.15, 0.2) is 5.96 Å². The van der Waals surface area contributed by atoms with E-state index >= 15 is 0 Å². The van der Waals surface area contributed by atoms with E-state index in [-0.39, 0.29) is 0 Å². The predicted molar refractivity (Wildman–Crippen MR) is 103 cm³/mol. The van der Waals surface area contributed by atoms with E-state index in [0.717, 1.165) is 57.2 Å². The lowest BCUT2D eigenvalue weighted by atomic mass is 9.96. The van der Waals surface area contributed by atoms with E-state index in [1.165, 1.54) is 4.88 Å². The fourth-order valence-electron chi connectivity index (χ4n) is 3.28. The minimum Gasteiger partial charge on any atom is -0.357 e. The molecule has 0 radical (unpaired) electrons. The number of rotatable bonds is 6. The standard InChI is InChI=1S/C18H28N6S/c1-3-19-18(20-12-14(2)11-16-5-4-10-25-16)24-8-6-15(7-9-24)17-21-13-22-23-17/h4-5,10,13-15H,3,6-9,11-12H2,1-2H3,(H,19,20)(H,21,22,23). The summed E-state index contributed by atoms with van der Waals surface area (Å²) in [6, 6.07) is 4.34. The molecule has 1 aliphatic rings. The number of likely N-dealkylation sites (tertiary alicyclic amines) is 1. The van der Waals surface area contributed by atoms with Gasteiger partial charge in [-0.25, -0.2) is 4.98 Å². The Bertz CT molecular complexity index is 629.